The molecule has 0 radical (unpaired) electrons. The molecule has 0 saturated carbocycles. The van der Waals surface area contributed by atoms with Crippen molar-refractivity contribution in [1.82, 2.24) is 0 Å². The number of benzene rings is 1. The lowest BCUT2D eigenvalue weighted by Gasteiger charge is -2.09. The zero-order chi connectivity index (χ0) is 14.1. The molecule has 1 N–H and O–H groups in total. The van der Waals surface area contributed by atoms with Crippen molar-refractivity contribution in [1.29, 1.82) is 0 Å². The molecule has 0 aromatic heterocycles. The van der Waals surface area contributed by atoms with E-state index >= 15 is 0 Å². The zero-order valence-electron chi connectivity index (χ0n) is 11.3. The van der Waals surface area contributed by atoms with Crippen LogP contribution in [0.25, 0.3) is 0 Å². The van der Waals surface area contributed by atoms with Crippen molar-refractivity contribution in [3.63, 3.8) is 0 Å². The summed E-state index contributed by atoms with van der Waals surface area (Å²) in [5.41, 5.74) is 1.26. The fraction of sp³-hybridized carbons (Fsp3) is 0.533. The van der Waals surface area contributed by atoms with Crippen LogP contribution in [-0.4, -0.2) is 23.8 Å². The van der Waals surface area contributed by atoms with Gasteiger partial charge in [-0.3, -0.25) is 0 Å². The van der Waals surface area contributed by atoms with E-state index in [4.69, 9.17) is 16.3 Å². The standard InChI is InChI=1S/C15H21ClO3/c1-2-19-15(18)14(17)7-5-3-4-6-12-8-10-13(16)11-9-12/h8-11,14,17H,2-7H2,1H3. The average molecular weight is 285 g/mol. The molecule has 0 aliphatic rings. The van der Waals surface area contributed by atoms with Gasteiger partial charge in [0.15, 0.2) is 6.10 Å². The van der Waals surface area contributed by atoms with E-state index in [2.05, 4.69) is 0 Å². The van der Waals surface area contributed by atoms with Crippen molar-refractivity contribution in [2.45, 2.75) is 45.1 Å². The quantitative estimate of drug-likeness (QED) is 0.588. The molecule has 0 aliphatic carbocycles. The van der Waals surface area contributed by atoms with Crippen LogP contribution in [0.3, 0.4) is 0 Å². The molecule has 1 aromatic rings. The highest BCUT2D eigenvalue weighted by Crippen LogP contribution is 2.13. The van der Waals surface area contributed by atoms with Crippen molar-refractivity contribution in [3.05, 3.63) is 34.9 Å². The molecule has 0 fully saturated rings. The van der Waals surface area contributed by atoms with Crippen LogP contribution in [0.15, 0.2) is 24.3 Å². The van der Waals surface area contributed by atoms with E-state index in [1.165, 1.54) is 5.56 Å². The summed E-state index contributed by atoms with van der Waals surface area (Å²) in [6, 6.07) is 7.83. The van der Waals surface area contributed by atoms with Gasteiger partial charge in [0, 0.05) is 5.02 Å². The number of aliphatic hydroxyl groups is 1. The predicted molar refractivity (Wildman–Crippen MR) is 76.3 cm³/mol. The molecule has 0 bridgehead atoms. The van der Waals surface area contributed by atoms with E-state index in [9.17, 15) is 9.90 Å². The Hall–Kier alpha value is -1.06. The van der Waals surface area contributed by atoms with Crippen molar-refractivity contribution >= 4 is 17.6 Å². The van der Waals surface area contributed by atoms with E-state index in [-0.39, 0.29) is 0 Å². The molecule has 1 unspecified atom stereocenters. The molecule has 0 heterocycles. The maximum Gasteiger partial charge on any atom is 0.334 e. The molecule has 4 heteroatoms. The summed E-state index contributed by atoms with van der Waals surface area (Å²) in [6.07, 6.45) is 3.34. The summed E-state index contributed by atoms with van der Waals surface area (Å²) in [6.45, 7) is 2.04. The number of unbranched alkanes of at least 4 members (excludes halogenated alkanes) is 2. The first-order chi connectivity index (χ1) is 9.13. The number of rotatable bonds is 8. The van der Waals surface area contributed by atoms with E-state index in [1.807, 2.05) is 24.3 Å². The van der Waals surface area contributed by atoms with Crippen LogP contribution in [0.2, 0.25) is 5.02 Å². The maximum atomic E-state index is 11.2. The topological polar surface area (TPSA) is 46.5 Å². The molecule has 19 heavy (non-hydrogen) atoms. The van der Waals surface area contributed by atoms with Crippen molar-refractivity contribution < 1.29 is 14.6 Å². The SMILES string of the molecule is CCOC(=O)C(O)CCCCCc1ccc(Cl)cc1. The third-order valence-corrected chi connectivity index (χ3v) is 3.17. The second-order valence-corrected chi connectivity index (χ2v) is 4.93. The Labute approximate surface area is 119 Å². The van der Waals surface area contributed by atoms with Crippen LogP contribution in [0.5, 0.6) is 0 Å². The van der Waals surface area contributed by atoms with Gasteiger partial charge in [0.2, 0.25) is 0 Å². The van der Waals surface area contributed by atoms with Gasteiger partial charge >= 0.3 is 5.97 Å². The fourth-order valence-electron chi connectivity index (χ4n) is 1.85. The first-order valence-corrected chi connectivity index (χ1v) is 7.10. The number of hydrogen-bond donors (Lipinski definition) is 1. The second kappa shape index (κ2) is 8.94. The van der Waals surface area contributed by atoms with E-state index in [0.29, 0.717) is 13.0 Å². The number of aliphatic hydroxyl groups excluding tert-OH is 1. The molecule has 0 saturated heterocycles. The largest absolute Gasteiger partial charge is 0.464 e. The average Bonchev–Trinajstić information content (AvgIpc) is 2.40. The number of carbonyl (C=O) groups excluding carboxylic acids is 1. The number of esters is 1. The molecule has 0 spiro atoms. The summed E-state index contributed by atoms with van der Waals surface area (Å²) in [5.74, 6) is -0.514. The lowest BCUT2D eigenvalue weighted by molar-refractivity contribution is -0.153. The van der Waals surface area contributed by atoms with Crippen molar-refractivity contribution in [2.75, 3.05) is 6.61 Å². The van der Waals surface area contributed by atoms with E-state index in [1.54, 1.807) is 6.92 Å². The van der Waals surface area contributed by atoms with Gasteiger partial charge in [-0.2, -0.15) is 0 Å². The van der Waals surface area contributed by atoms with Crippen molar-refractivity contribution in [2.24, 2.45) is 0 Å². The summed E-state index contributed by atoms with van der Waals surface area (Å²) in [5, 5.41) is 10.3. The molecule has 1 aromatic carbocycles. The maximum absolute atomic E-state index is 11.2. The number of carbonyl (C=O) groups is 1. The summed E-state index contributed by atoms with van der Waals surface area (Å²) in [7, 11) is 0. The summed E-state index contributed by atoms with van der Waals surface area (Å²) in [4.78, 5) is 11.2. The first kappa shape index (κ1) is 16.0. The minimum absolute atomic E-state index is 0.312. The van der Waals surface area contributed by atoms with Crippen LogP contribution in [0, 0.1) is 0 Å². The Morgan fingerprint density at radius 2 is 1.95 bits per heavy atom. The van der Waals surface area contributed by atoms with Gasteiger partial charge in [-0.15, -0.1) is 0 Å². The van der Waals surface area contributed by atoms with Crippen LogP contribution < -0.4 is 0 Å². The van der Waals surface area contributed by atoms with Gasteiger partial charge in [-0.25, -0.2) is 4.79 Å². The minimum Gasteiger partial charge on any atom is -0.464 e. The van der Waals surface area contributed by atoms with Gasteiger partial charge in [-0.05, 0) is 43.9 Å². The fourth-order valence-corrected chi connectivity index (χ4v) is 1.98. The van der Waals surface area contributed by atoms with E-state index < -0.39 is 12.1 Å². The number of ether oxygens (including phenoxy) is 1. The Morgan fingerprint density at radius 1 is 1.26 bits per heavy atom. The zero-order valence-corrected chi connectivity index (χ0v) is 12.0. The third kappa shape index (κ3) is 6.60. The van der Waals surface area contributed by atoms with Crippen LogP contribution in [0.4, 0.5) is 0 Å². The van der Waals surface area contributed by atoms with E-state index in [0.717, 1.165) is 30.7 Å². The summed E-state index contributed by atoms with van der Waals surface area (Å²) < 4.78 is 4.74. The highest BCUT2D eigenvalue weighted by molar-refractivity contribution is 6.30. The van der Waals surface area contributed by atoms with Gasteiger partial charge in [-0.1, -0.05) is 36.6 Å². The Morgan fingerprint density at radius 3 is 2.58 bits per heavy atom. The molecular formula is C15H21ClO3. The Bertz CT molecular complexity index is 375. The lowest BCUT2D eigenvalue weighted by Crippen LogP contribution is -2.22. The Balaban J connectivity index is 2.11. The molecule has 0 amide bonds. The number of hydrogen-bond acceptors (Lipinski definition) is 3. The molecule has 1 rings (SSSR count). The van der Waals surface area contributed by atoms with Crippen LogP contribution in [0.1, 0.15) is 38.2 Å². The normalized spacial score (nSPS) is 12.2. The smallest absolute Gasteiger partial charge is 0.334 e. The molecule has 1 atom stereocenters. The molecule has 106 valence electrons. The second-order valence-electron chi connectivity index (χ2n) is 4.49. The van der Waals surface area contributed by atoms with Crippen molar-refractivity contribution in [3.8, 4) is 0 Å². The highest BCUT2D eigenvalue weighted by Gasteiger charge is 2.14. The van der Waals surface area contributed by atoms with Gasteiger partial charge in [0.1, 0.15) is 0 Å². The van der Waals surface area contributed by atoms with Crippen LogP contribution >= 0.6 is 11.6 Å². The molecule has 3 nitrogen and oxygen atoms in total. The monoisotopic (exact) mass is 284 g/mol. The first-order valence-electron chi connectivity index (χ1n) is 6.72. The van der Waals surface area contributed by atoms with Gasteiger partial charge < -0.3 is 9.84 Å². The Kier molecular flexibility index (Phi) is 7.53. The van der Waals surface area contributed by atoms with Gasteiger partial charge in [0.05, 0.1) is 6.61 Å². The number of halogens is 1. The molecular weight excluding hydrogens is 264 g/mol. The van der Waals surface area contributed by atoms with Gasteiger partial charge in [0.25, 0.3) is 0 Å². The summed E-state index contributed by atoms with van der Waals surface area (Å²) >= 11 is 5.81. The predicted octanol–water partition coefficient (Wildman–Crippen LogP) is 3.37. The minimum atomic E-state index is -0.976. The highest BCUT2D eigenvalue weighted by atomic mass is 35.5. The lowest BCUT2D eigenvalue weighted by atomic mass is 10.0. The molecule has 0 aliphatic heterocycles. The number of aryl methyl sites for hydroxylation is 1. The van der Waals surface area contributed by atoms with Crippen LogP contribution in [-0.2, 0) is 16.0 Å². The third-order valence-electron chi connectivity index (χ3n) is 2.91.